The molecule has 0 saturated carbocycles. The number of fused-ring (bicyclic) bond motifs is 1. The number of rotatable bonds is 2. The lowest BCUT2D eigenvalue weighted by molar-refractivity contribution is 0.122. The molecule has 1 N–H and O–H groups in total. The smallest absolute Gasteiger partial charge is 0.226 e. The summed E-state index contributed by atoms with van der Waals surface area (Å²) >= 11 is 6.12. The first-order chi connectivity index (χ1) is 16.1. The zero-order chi connectivity index (χ0) is 24.2. The Kier molecular flexibility index (Phi) is 10.8. The molecule has 4 aromatic rings. The van der Waals surface area contributed by atoms with Crippen molar-refractivity contribution in [3.05, 3.63) is 59.3 Å². The number of aryl methyl sites for hydroxylation is 2. The van der Waals surface area contributed by atoms with Gasteiger partial charge >= 0.3 is 0 Å². The van der Waals surface area contributed by atoms with Gasteiger partial charge < -0.3 is 9.64 Å². The molecule has 4 aromatic heterocycles. The van der Waals surface area contributed by atoms with Gasteiger partial charge in [0, 0.05) is 37.4 Å². The van der Waals surface area contributed by atoms with E-state index >= 15 is 0 Å². The Morgan fingerprint density at radius 1 is 0.970 bits per heavy atom. The average Bonchev–Trinajstić information content (AvgIpc) is 3.52. The van der Waals surface area contributed by atoms with Crippen LogP contribution >= 0.6 is 11.6 Å². The van der Waals surface area contributed by atoms with Crippen LogP contribution in [0.4, 0.5) is 5.95 Å². The highest BCUT2D eigenvalue weighted by Gasteiger charge is 2.17. The maximum Gasteiger partial charge on any atom is 0.226 e. The van der Waals surface area contributed by atoms with Gasteiger partial charge in [-0.1, -0.05) is 39.3 Å². The molecule has 0 radical (unpaired) electrons. The number of halogens is 1. The highest BCUT2D eigenvalue weighted by atomic mass is 35.5. The number of aromatic nitrogens is 6. The molecule has 0 spiro atoms. The monoisotopic (exact) mass is 471 g/mol. The zero-order valence-corrected chi connectivity index (χ0v) is 21.1. The van der Waals surface area contributed by atoms with Gasteiger partial charge in [0.05, 0.1) is 35.8 Å². The average molecular weight is 472 g/mol. The van der Waals surface area contributed by atoms with Crippen LogP contribution in [-0.4, -0.2) is 55.9 Å². The maximum atomic E-state index is 6.12. The van der Waals surface area contributed by atoms with E-state index in [1.165, 1.54) is 0 Å². The summed E-state index contributed by atoms with van der Waals surface area (Å²) in [6.07, 6.45) is 7.27. The molecule has 0 aromatic carbocycles. The number of nitrogens with zero attached hydrogens (tertiary/aromatic N) is 6. The van der Waals surface area contributed by atoms with Crippen LogP contribution in [0.5, 0.6) is 0 Å². The summed E-state index contributed by atoms with van der Waals surface area (Å²) in [5, 5.41) is 7.11. The number of pyridine rings is 1. The third-order valence-corrected chi connectivity index (χ3v) is 4.83. The normalized spacial score (nSPS) is 12.6. The Hall–Kier alpha value is -2.97. The van der Waals surface area contributed by atoms with Crippen LogP contribution in [0.1, 0.15) is 39.0 Å². The number of imidazole rings is 1. The van der Waals surface area contributed by atoms with Crippen molar-refractivity contribution in [3.63, 3.8) is 0 Å². The summed E-state index contributed by atoms with van der Waals surface area (Å²) in [5.41, 5.74) is 4.74. The van der Waals surface area contributed by atoms with Crippen molar-refractivity contribution in [2.45, 2.75) is 41.5 Å². The predicted octanol–water partition coefficient (Wildman–Crippen LogP) is 5.36. The molecular weight excluding hydrogens is 438 g/mol. The molecule has 9 heteroatoms. The Labute approximate surface area is 201 Å². The van der Waals surface area contributed by atoms with Crippen LogP contribution in [0.3, 0.4) is 0 Å². The largest absolute Gasteiger partial charge is 0.378 e. The standard InChI is InChI=1S/C16H16ClN5O.C4H6N2.2C2H6/c1-11-8-19-16(21-4-6-23-7-5-21)20-15(11)13-9-18-14-3-2-12(17)10-22(13)14;1-4-2-3-5-6-4;2*1-2/h2-3,8-10H,4-7H2,1H3;2-3H,1H3,(H,5,6);2*1-2H3. The van der Waals surface area contributed by atoms with Gasteiger partial charge in [-0.3, -0.25) is 9.50 Å². The van der Waals surface area contributed by atoms with Crippen molar-refractivity contribution in [1.29, 1.82) is 0 Å². The third kappa shape index (κ3) is 7.00. The van der Waals surface area contributed by atoms with Gasteiger partial charge in [0.2, 0.25) is 5.95 Å². The quantitative estimate of drug-likeness (QED) is 0.423. The molecule has 0 bridgehead atoms. The van der Waals surface area contributed by atoms with Crippen molar-refractivity contribution >= 4 is 23.2 Å². The van der Waals surface area contributed by atoms with Crippen molar-refractivity contribution in [2.24, 2.45) is 0 Å². The Balaban J connectivity index is 0.000000327. The lowest BCUT2D eigenvalue weighted by Gasteiger charge is -2.27. The molecule has 0 unspecified atom stereocenters. The van der Waals surface area contributed by atoms with Crippen molar-refractivity contribution < 1.29 is 4.74 Å². The van der Waals surface area contributed by atoms with Crippen LogP contribution in [0.2, 0.25) is 5.02 Å². The third-order valence-electron chi connectivity index (χ3n) is 4.61. The van der Waals surface area contributed by atoms with Crippen LogP contribution in [-0.2, 0) is 4.74 Å². The van der Waals surface area contributed by atoms with Gasteiger partial charge in [-0.2, -0.15) is 5.10 Å². The topological polar surface area (TPSA) is 84.2 Å². The molecule has 8 nitrogen and oxygen atoms in total. The number of hydrogen-bond acceptors (Lipinski definition) is 6. The molecule has 33 heavy (non-hydrogen) atoms. The maximum absolute atomic E-state index is 6.12. The Morgan fingerprint density at radius 3 is 2.30 bits per heavy atom. The molecule has 1 fully saturated rings. The molecule has 0 atom stereocenters. The van der Waals surface area contributed by atoms with E-state index in [0.717, 1.165) is 47.3 Å². The van der Waals surface area contributed by atoms with Crippen molar-refractivity contribution in [2.75, 3.05) is 31.2 Å². The first-order valence-corrected chi connectivity index (χ1v) is 11.7. The Bertz CT molecular complexity index is 1090. The summed E-state index contributed by atoms with van der Waals surface area (Å²) < 4.78 is 7.35. The number of H-pyrrole nitrogens is 1. The molecule has 178 valence electrons. The van der Waals surface area contributed by atoms with Crippen LogP contribution in [0.15, 0.2) is 43.0 Å². The van der Waals surface area contributed by atoms with E-state index in [1.54, 1.807) is 6.20 Å². The van der Waals surface area contributed by atoms with Crippen molar-refractivity contribution in [1.82, 2.24) is 29.5 Å². The van der Waals surface area contributed by atoms with Gasteiger partial charge in [-0.15, -0.1) is 0 Å². The van der Waals surface area contributed by atoms with E-state index in [9.17, 15) is 0 Å². The van der Waals surface area contributed by atoms with E-state index in [-0.39, 0.29) is 0 Å². The molecule has 5 rings (SSSR count). The van der Waals surface area contributed by atoms with E-state index in [1.807, 2.05) is 82.7 Å². The van der Waals surface area contributed by atoms with Crippen LogP contribution in [0.25, 0.3) is 17.0 Å². The Morgan fingerprint density at radius 2 is 1.70 bits per heavy atom. The fraction of sp³-hybridized carbons (Fsp3) is 0.417. The summed E-state index contributed by atoms with van der Waals surface area (Å²) in [5.74, 6) is 0.728. The summed E-state index contributed by atoms with van der Waals surface area (Å²) in [4.78, 5) is 15.8. The molecule has 1 saturated heterocycles. The SMILES string of the molecule is CC.CC.Cc1ccn[nH]1.Cc1cnc(N2CCOCC2)nc1-c1cnc2ccc(Cl)cn12. The second-order valence-electron chi connectivity index (χ2n) is 6.76. The van der Waals surface area contributed by atoms with Gasteiger partial charge in [0.1, 0.15) is 5.65 Å². The molecule has 1 aliphatic rings. The minimum Gasteiger partial charge on any atom is -0.378 e. The molecular formula is C24H34ClN7O. The fourth-order valence-corrected chi connectivity index (χ4v) is 3.22. The van der Waals surface area contributed by atoms with Crippen LogP contribution < -0.4 is 4.90 Å². The minimum absolute atomic E-state index is 0.664. The van der Waals surface area contributed by atoms with E-state index in [0.29, 0.717) is 18.2 Å². The summed E-state index contributed by atoms with van der Waals surface area (Å²) in [7, 11) is 0. The van der Waals surface area contributed by atoms with Crippen LogP contribution in [0, 0.1) is 13.8 Å². The highest BCUT2D eigenvalue weighted by molar-refractivity contribution is 6.30. The molecule has 0 aliphatic carbocycles. The van der Waals surface area contributed by atoms with Crippen molar-refractivity contribution in [3.8, 4) is 11.4 Å². The summed E-state index contributed by atoms with van der Waals surface area (Å²) in [6, 6.07) is 5.64. The summed E-state index contributed by atoms with van der Waals surface area (Å²) in [6.45, 7) is 15.0. The predicted molar refractivity (Wildman–Crippen MR) is 135 cm³/mol. The lowest BCUT2D eigenvalue weighted by Crippen LogP contribution is -2.37. The lowest BCUT2D eigenvalue weighted by atomic mass is 10.2. The highest BCUT2D eigenvalue weighted by Crippen LogP contribution is 2.25. The van der Waals surface area contributed by atoms with Gasteiger partial charge in [-0.05, 0) is 37.6 Å². The first kappa shape index (κ1) is 26.3. The molecule has 5 heterocycles. The number of hydrogen-bond donors (Lipinski definition) is 1. The number of anilines is 1. The van der Waals surface area contributed by atoms with Gasteiger partial charge in [0.25, 0.3) is 0 Å². The molecule has 1 aliphatic heterocycles. The second kappa shape index (κ2) is 13.5. The van der Waals surface area contributed by atoms with E-state index in [4.69, 9.17) is 21.3 Å². The number of aromatic amines is 1. The fourth-order valence-electron chi connectivity index (χ4n) is 3.06. The molecule has 0 amide bonds. The van der Waals surface area contributed by atoms with Gasteiger partial charge in [0.15, 0.2) is 0 Å². The number of morpholine rings is 1. The number of nitrogens with one attached hydrogen (secondary N) is 1. The number of ether oxygens (including phenoxy) is 1. The van der Waals surface area contributed by atoms with E-state index < -0.39 is 0 Å². The second-order valence-corrected chi connectivity index (χ2v) is 7.20. The van der Waals surface area contributed by atoms with Gasteiger partial charge in [-0.25, -0.2) is 15.0 Å². The zero-order valence-electron chi connectivity index (χ0n) is 20.3. The first-order valence-electron chi connectivity index (χ1n) is 11.4. The van der Waals surface area contributed by atoms with E-state index in [2.05, 4.69) is 25.1 Å². The minimum atomic E-state index is 0.664.